The van der Waals surface area contributed by atoms with E-state index >= 15 is 0 Å². The van der Waals surface area contributed by atoms with Crippen LogP contribution >= 0.6 is 23.1 Å². The number of hydrogen-bond acceptors (Lipinski definition) is 7. The third-order valence-electron chi connectivity index (χ3n) is 3.91. The summed E-state index contributed by atoms with van der Waals surface area (Å²) >= 11 is 2.77. The highest BCUT2D eigenvalue weighted by molar-refractivity contribution is 8.00. The number of carbonyl (C=O) groups excluding carboxylic acids is 2. The van der Waals surface area contributed by atoms with E-state index < -0.39 is 12.1 Å². The van der Waals surface area contributed by atoms with E-state index in [0.717, 1.165) is 22.7 Å². The predicted octanol–water partition coefficient (Wildman–Crippen LogP) is 2.49. The molecule has 1 atom stereocenters. The van der Waals surface area contributed by atoms with Gasteiger partial charge in [-0.2, -0.15) is 5.26 Å². The van der Waals surface area contributed by atoms with E-state index in [-0.39, 0.29) is 5.91 Å². The second kappa shape index (κ2) is 9.34. The molecule has 1 aromatic heterocycles. The molecule has 27 heavy (non-hydrogen) atoms. The smallest absolute Gasteiger partial charge is 0.321 e. The van der Waals surface area contributed by atoms with Gasteiger partial charge in [-0.1, -0.05) is 35.2 Å². The maximum Gasteiger partial charge on any atom is 0.321 e. The molecule has 3 rings (SSSR count). The summed E-state index contributed by atoms with van der Waals surface area (Å²) in [4.78, 5) is 24.0. The quantitative estimate of drug-likeness (QED) is 0.522. The van der Waals surface area contributed by atoms with Crippen LogP contribution < -0.4 is 16.0 Å². The van der Waals surface area contributed by atoms with Gasteiger partial charge in [-0.15, -0.1) is 10.2 Å². The van der Waals surface area contributed by atoms with E-state index in [2.05, 4.69) is 32.2 Å². The first-order chi connectivity index (χ1) is 13.1. The number of benzene rings is 1. The molecule has 0 aliphatic carbocycles. The monoisotopic (exact) mass is 402 g/mol. The highest BCUT2D eigenvalue weighted by atomic mass is 32.2. The number of amides is 3. The van der Waals surface area contributed by atoms with E-state index in [0.29, 0.717) is 29.4 Å². The first-order valence-electron chi connectivity index (χ1n) is 8.44. The van der Waals surface area contributed by atoms with Crippen LogP contribution in [0, 0.1) is 11.3 Å². The molecule has 1 fully saturated rings. The Labute approximate surface area is 164 Å². The van der Waals surface area contributed by atoms with Crippen molar-refractivity contribution in [2.24, 2.45) is 0 Å². The maximum absolute atomic E-state index is 12.1. The molecule has 2 aromatic rings. The van der Waals surface area contributed by atoms with Gasteiger partial charge < -0.3 is 10.6 Å². The lowest BCUT2D eigenvalue weighted by atomic mass is 10.1. The second-order valence-electron chi connectivity index (χ2n) is 5.91. The van der Waals surface area contributed by atoms with Crippen molar-refractivity contribution >= 4 is 40.2 Å². The van der Waals surface area contributed by atoms with E-state index in [1.807, 2.05) is 12.1 Å². The fourth-order valence-electron chi connectivity index (χ4n) is 2.51. The van der Waals surface area contributed by atoms with Gasteiger partial charge in [0.15, 0.2) is 4.34 Å². The highest BCUT2D eigenvalue weighted by Gasteiger charge is 2.22. The van der Waals surface area contributed by atoms with Crippen molar-refractivity contribution in [2.75, 3.05) is 11.9 Å². The van der Waals surface area contributed by atoms with E-state index in [9.17, 15) is 9.59 Å². The van der Waals surface area contributed by atoms with Crippen molar-refractivity contribution in [2.45, 2.75) is 35.4 Å². The number of nitrogens with one attached hydrogen (secondary N) is 3. The summed E-state index contributed by atoms with van der Waals surface area (Å²) < 4.78 is 0.724. The first kappa shape index (κ1) is 19.1. The van der Waals surface area contributed by atoms with Crippen LogP contribution in [0.2, 0.25) is 0 Å². The van der Waals surface area contributed by atoms with E-state index in [4.69, 9.17) is 5.26 Å². The standard InChI is InChI=1S/C17H18N6O2S2/c18-9-11-4-6-12(7-5-11)10-26-17-23-22-16(27-17)21-15(25)20-13-3-1-2-8-19-14(13)24/h4-7,13H,1-3,8,10H2,(H,19,24)(H2,20,21,22,25)/t13-/m1/s1. The van der Waals surface area contributed by atoms with Crippen molar-refractivity contribution in [3.8, 4) is 6.07 Å². The molecule has 1 aliphatic rings. The topological polar surface area (TPSA) is 120 Å². The second-order valence-corrected chi connectivity index (χ2v) is 8.11. The summed E-state index contributed by atoms with van der Waals surface area (Å²) in [5.41, 5.74) is 1.69. The van der Waals surface area contributed by atoms with Gasteiger partial charge in [0.05, 0.1) is 11.6 Å². The molecular weight excluding hydrogens is 384 g/mol. The van der Waals surface area contributed by atoms with Crippen LogP contribution in [0.3, 0.4) is 0 Å². The fourth-order valence-corrected chi connectivity index (χ4v) is 4.21. The molecule has 3 N–H and O–H groups in total. The minimum Gasteiger partial charge on any atom is -0.354 e. The number of hydrogen-bond donors (Lipinski definition) is 3. The zero-order valence-corrected chi connectivity index (χ0v) is 16.0. The molecule has 0 unspecified atom stereocenters. The van der Waals surface area contributed by atoms with Gasteiger partial charge in [-0.3, -0.25) is 10.1 Å². The number of thioether (sulfide) groups is 1. The van der Waals surface area contributed by atoms with Crippen molar-refractivity contribution < 1.29 is 9.59 Å². The number of nitriles is 1. The molecule has 10 heteroatoms. The Hall–Kier alpha value is -2.64. The molecule has 1 saturated heterocycles. The van der Waals surface area contributed by atoms with Gasteiger partial charge in [0, 0.05) is 12.3 Å². The molecule has 2 heterocycles. The number of rotatable bonds is 5. The molecule has 1 aromatic carbocycles. The lowest BCUT2D eigenvalue weighted by Gasteiger charge is -2.14. The van der Waals surface area contributed by atoms with Gasteiger partial charge in [0.2, 0.25) is 11.0 Å². The zero-order valence-electron chi connectivity index (χ0n) is 14.4. The molecule has 0 spiro atoms. The Bertz CT molecular complexity index is 846. The molecule has 0 bridgehead atoms. The van der Waals surface area contributed by atoms with Crippen LogP contribution in [0.25, 0.3) is 0 Å². The van der Waals surface area contributed by atoms with Crippen LogP contribution in [0.4, 0.5) is 9.93 Å². The van der Waals surface area contributed by atoms with Crippen LogP contribution in [0.5, 0.6) is 0 Å². The average Bonchev–Trinajstić information content (AvgIpc) is 3.02. The lowest BCUT2D eigenvalue weighted by molar-refractivity contribution is -0.122. The maximum atomic E-state index is 12.1. The summed E-state index contributed by atoms with van der Waals surface area (Å²) in [5, 5.41) is 25.3. The van der Waals surface area contributed by atoms with Crippen molar-refractivity contribution in [3.63, 3.8) is 0 Å². The van der Waals surface area contributed by atoms with Crippen molar-refractivity contribution in [3.05, 3.63) is 35.4 Å². The first-order valence-corrected chi connectivity index (χ1v) is 10.2. The van der Waals surface area contributed by atoms with Gasteiger partial charge >= 0.3 is 6.03 Å². The van der Waals surface area contributed by atoms with Crippen molar-refractivity contribution in [1.82, 2.24) is 20.8 Å². The average molecular weight is 403 g/mol. The predicted molar refractivity (Wildman–Crippen MR) is 103 cm³/mol. The third kappa shape index (κ3) is 5.67. The zero-order chi connectivity index (χ0) is 19.1. The van der Waals surface area contributed by atoms with Crippen molar-refractivity contribution in [1.29, 1.82) is 5.26 Å². The van der Waals surface area contributed by atoms with Gasteiger partial charge in [-0.05, 0) is 37.0 Å². The number of urea groups is 1. The molecule has 3 amide bonds. The molecule has 0 radical (unpaired) electrons. The highest BCUT2D eigenvalue weighted by Crippen LogP contribution is 2.28. The molecule has 1 aliphatic heterocycles. The summed E-state index contributed by atoms with van der Waals surface area (Å²) in [5.74, 6) is 0.535. The molecule has 0 saturated carbocycles. The minimum atomic E-state index is -0.523. The largest absolute Gasteiger partial charge is 0.354 e. The summed E-state index contributed by atoms with van der Waals surface area (Å²) in [6.07, 6.45) is 2.43. The van der Waals surface area contributed by atoms with E-state index in [1.54, 1.807) is 12.1 Å². The van der Waals surface area contributed by atoms with Crippen LogP contribution in [0.1, 0.15) is 30.4 Å². The molecule has 8 nitrogen and oxygen atoms in total. The lowest BCUT2D eigenvalue weighted by Crippen LogP contribution is -2.46. The Balaban J connectivity index is 1.48. The number of nitrogens with zero attached hydrogens (tertiary/aromatic N) is 3. The minimum absolute atomic E-state index is 0.154. The van der Waals surface area contributed by atoms with E-state index in [1.165, 1.54) is 23.1 Å². The Morgan fingerprint density at radius 2 is 2.15 bits per heavy atom. The number of carbonyl (C=O) groups is 2. The Kier molecular flexibility index (Phi) is 6.62. The van der Waals surface area contributed by atoms with Crippen LogP contribution in [0.15, 0.2) is 28.6 Å². The Morgan fingerprint density at radius 3 is 2.93 bits per heavy atom. The molecule has 140 valence electrons. The fraction of sp³-hybridized carbons (Fsp3) is 0.353. The third-order valence-corrected chi connectivity index (χ3v) is 5.96. The number of aromatic nitrogens is 2. The van der Waals surface area contributed by atoms with Crippen LogP contribution in [-0.2, 0) is 10.5 Å². The molecular formula is C17H18N6O2S2. The van der Waals surface area contributed by atoms with Gasteiger partial charge in [-0.25, -0.2) is 4.79 Å². The normalized spacial score (nSPS) is 16.7. The van der Waals surface area contributed by atoms with Gasteiger partial charge in [0.1, 0.15) is 6.04 Å². The summed E-state index contributed by atoms with van der Waals surface area (Å²) in [6.45, 7) is 0.648. The Morgan fingerprint density at radius 1 is 1.33 bits per heavy atom. The summed E-state index contributed by atoms with van der Waals surface area (Å²) in [7, 11) is 0. The summed E-state index contributed by atoms with van der Waals surface area (Å²) in [6, 6.07) is 8.45. The SMILES string of the molecule is N#Cc1ccc(CSc2nnc(NC(=O)N[C@@H]3CCCCNC3=O)s2)cc1. The van der Waals surface area contributed by atoms with Crippen LogP contribution in [-0.4, -0.2) is 34.7 Å². The van der Waals surface area contributed by atoms with Gasteiger partial charge in [0.25, 0.3) is 0 Å². The number of anilines is 1.